The summed E-state index contributed by atoms with van der Waals surface area (Å²) in [6.07, 6.45) is 0.216. The van der Waals surface area contributed by atoms with Crippen molar-refractivity contribution in [2.75, 3.05) is 13.3 Å². The van der Waals surface area contributed by atoms with Crippen molar-refractivity contribution in [2.24, 2.45) is 0 Å². The number of fused-ring (bicyclic) bond motifs is 2. The van der Waals surface area contributed by atoms with Crippen LogP contribution in [0.5, 0.6) is 0 Å². The first-order valence-electron chi connectivity index (χ1n) is 11.4. The fourth-order valence-electron chi connectivity index (χ4n) is 4.53. The molecular formula is C28H31O3PS. The summed E-state index contributed by atoms with van der Waals surface area (Å²) in [5.41, 5.74) is 0.826. The topological polar surface area (TPSA) is 43.4 Å². The van der Waals surface area contributed by atoms with Crippen LogP contribution in [0.25, 0.3) is 20.9 Å². The lowest BCUT2D eigenvalue weighted by molar-refractivity contribution is -0.118. The SMILES string of the molecule is CCOP(C)(=O)C(C(=O)Cc1ccc2ccccc2c1)c1c(C(C)(C)C)sc2ccccc12. The van der Waals surface area contributed by atoms with Gasteiger partial charge in [-0.1, -0.05) is 81.4 Å². The molecule has 4 rings (SSSR count). The van der Waals surface area contributed by atoms with Crippen molar-refractivity contribution in [2.45, 2.75) is 45.2 Å². The first-order chi connectivity index (χ1) is 15.6. The fraction of sp³-hybridized carbons (Fsp3) is 0.321. The van der Waals surface area contributed by atoms with Crippen LogP contribution in [0.4, 0.5) is 0 Å². The van der Waals surface area contributed by atoms with Gasteiger partial charge in [0.2, 0.25) is 7.37 Å². The number of carbonyl (C=O) groups is 1. The van der Waals surface area contributed by atoms with Crippen molar-refractivity contribution in [3.8, 4) is 0 Å². The molecule has 0 spiro atoms. The smallest absolute Gasteiger partial charge is 0.214 e. The van der Waals surface area contributed by atoms with Crippen molar-refractivity contribution in [1.29, 1.82) is 0 Å². The number of carbonyl (C=O) groups excluding carboxylic acids is 1. The molecule has 0 fully saturated rings. The van der Waals surface area contributed by atoms with Gasteiger partial charge in [0, 0.05) is 22.7 Å². The molecule has 0 saturated carbocycles. The van der Waals surface area contributed by atoms with Crippen LogP contribution in [0.1, 0.15) is 49.4 Å². The number of rotatable bonds is 7. The Kier molecular flexibility index (Phi) is 6.64. The van der Waals surface area contributed by atoms with E-state index in [1.807, 2.05) is 49.4 Å². The Morgan fingerprint density at radius 1 is 1.00 bits per heavy atom. The summed E-state index contributed by atoms with van der Waals surface area (Å²) in [7, 11) is -3.28. The number of thiophene rings is 1. The highest BCUT2D eigenvalue weighted by atomic mass is 32.1. The van der Waals surface area contributed by atoms with E-state index in [-0.39, 0.29) is 17.6 Å². The van der Waals surface area contributed by atoms with Crippen molar-refractivity contribution in [3.05, 3.63) is 82.7 Å². The van der Waals surface area contributed by atoms with Gasteiger partial charge in [-0.2, -0.15) is 0 Å². The summed E-state index contributed by atoms with van der Waals surface area (Å²) in [6, 6.07) is 22.3. The first-order valence-corrected chi connectivity index (χ1v) is 14.3. The zero-order valence-electron chi connectivity index (χ0n) is 19.9. The molecule has 0 aliphatic carbocycles. The Hall–Kier alpha value is -2.26. The van der Waals surface area contributed by atoms with Gasteiger partial charge >= 0.3 is 0 Å². The largest absolute Gasteiger partial charge is 0.328 e. The summed E-state index contributed by atoms with van der Waals surface area (Å²) in [4.78, 5) is 15.0. The molecule has 4 aromatic rings. The van der Waals surface area contributed by atoms with E-state index in [1.54, 1.807) is 18.0 Å². The van der Waals surface area contributed by atoms with Crippen molar-refractivity contribution in [3.63, 3.8) is 0 Å². The van der Waals surface area contributed by atoms with E-state index in [0.717, 1.165) is 36.9 Å². The predicted molar refractivity (Wildman–Crippen MR) is 141 cm³/mol. The van der Waals surface area contributed by atoms with Gasteiger partial charge in [-0.3, -0.25) is 9.36 Å². The minimum Gasteiger partial charge on any atom is -0.328 e. The van der Waals surface area contributed by atoms with Crippen LogP contribution < -0.4 is 0 Å². The van der Waals surface area contributed by atoms with E-state index in [9.17, 15) is 9.36 Å². The van der Waals surface area contributed by atoms with Gasteiger partial charge in [-0.05, 0) is 45.7 Å². The van der Waals surface area contributed by atoms with Gasteiger partial charge < -0.3 is 4.52 Å². The number of ketones is 1. The van der Waals surface area contributed by atoms with E-state index < -0.39 is 13.0 Å². The maximum absolute atomic E-state index is 13.9. The minimum absolute atomic E-state index is 0.0568. The van der Waals surface area contributed by atoms with Crippen molar-refractivity contribution >= 4 is 45.3 Å². The molecule has 0 radical (unpaired) electrons. The van der Waals surface area contributed by atoms with E-state index >= 15 is 0 Å². The number of hydrogen-bond acceptors (Lipinski definition) is 4. The maximum atomic E-state index is 13.9. The highest BCUT2D eigenvalue weighted by Crippen LogP contribution is 2.61. The molecule has 1 heterocycles. The second-order valence-corrected chi connectivity index (χ2v) is 13.3. The number of benzene rings is 3. The van der Waals surface area contributed by atoms with Crippen LogP contribution in [0.2, 0.25) is 0 Å². The Balaban J connectivity index is 1.86. The van der Waals surface area contributed by atoms with Gasteiger partial charge in [-0.25, -0.2) is 0 Å². The molecule has 172 valence electrons. The molecule has 1 aromatic heterocycles. The molecule has 2 atom stereocenters. The molecule has 33 heavy (non-hydrogen) atoms. The normalized spacial score (nSPS) is 14.9. The lowest BCUT2D eigenvalue weighted by atomic mass is 9.88. The average molecular weight is 479 g/mol. The summed E-state index contributed by atoms with van der Waals surface area (Å²) in [5, 5.41) is 3.24. The van der Waals surface area contributed by atoms with Crippen LogP contribution in [0, 0.1) is 0 Å². The fourth-order valence-corrected chi connectivity index (χ4v) is 7.93. The molecule has 5 heteroatoms. The molecule has 3 aromatic carbocycles. The summed E-state index contributed by atoms with van der Waals surface area (Å²) in [6.45, 7) is 10.2. The monoisotopic (exact) mass is 478 g/mol. The Labute approximate surface area is 200 Å². The lowest BCUT2D eigenvalue weighted by Gasteiger charge is -2.28. The number of Topliss-reactive ketones (excluding diaryl/α,β-unsaturated/α-hetero) is 1. The van der Waals surface area contributed by atoms with E-state index in [1.165, 1.54) is 0 Å². The van der Waals surface area contributed by atoms with Crippen molar-refractivity contribution < 1.29 is 13.9 Å². The Morgan fingerprint density at radius 2 is 1.67 bits per heavy atom. The standard InChI is InChI=1S/C28H31O3PS/c1-6-31-32(5,30)26(23(29)18-19-15-16-20-11-7-8-12-21(20)17-19)25-22-13-9-10-14-24(22)33-27(25)28(2,3)4/h7-17,26H,6,18H2,1-5H3. The zero-order chi connectivity index (χ0) is 23.8. The third kappa shape index (κ3) is 4.84. The first kappa shape index (κ1) is 23.9. The van der Waals surface area contributed by atoms with Crippen LogP contribution in [0.15, 0.2) is 66.7 Å². The summed E-state index contributed by atoms with van der Waals surface area (Å²) in [5.74, 6) is -0.0568. The molecular weight excluding hydrogens is 447 g/mol. The summed E-state index contributed by atoms with van der Waals surface area (Å²) < 4.78 is 20.8. The third-order valence-corrected chi connectivity index (χ3v) is 9.81. The molecule has 0 aliphatic rings. The van der Waals surface area contributed by atoms with E-state index in [2.05, 4.69) is 45.0 Å². The van der Waals surface area contributed by atoms with Crippen LogP contribution >= 0.6 is 18.7 Å². The highest BCUT2D eigenvalue weighted by Gasteiger charge is 2.41. The second-order valence-electron chi connectivity index (χ2n) is 9.64. The van der Waals surface area contributed by atoms with Gasteiger partial charge in [-0.15, -0.1) is 11.3 Å². The van der Waals surface area contributed by atoms with Gasteiger partial charge in [0.15, 0.2) is 5.78 Å². The molecule has 0 bridgehead atoms. The maximum Gasteiger partial charge on any atom is 0.214 e. The molecule has 2 unspecified atom stereocenters. The van der Waals surface area contributed by atoms with E-state index in [4.69, 9.17) is 4.52 Å². The average Bonchev–Trinajstić information content (AvgIpc) is 3.13. The van der Waals surface area contributed by atoms with Crippen LogP contribution in [0.3, 0.4) is 0 Å². The van der Waals surface area contributed by atoms with Gasteiger partial charge in [0.1, 0.15) is 5.66 Å². The molecule has 3 nitrogen and oxygen atoms in total. The van der Waals surface area contributed by atoms with Crippen LogP contribution in [-0.4, -0.2) is 19.1 Å². The molecule has 0 amide bonds. The Bertz CT molecular complexity index is 1360. The molecule has 0 N–H and O–H groups in total. The molecule has 0 saturated heterocycles. The van der Waals surface area contributed by atoms with Crippen LogP contribution in [-0.2, 0) is 25.7 Å². The van der Waals surface area contributed by atoms with E-state index in [0.29, 0.717) is 6.61 Å². The Morgan fingerprint density at radius 3 is 2.36 bits per heavy atom. The summed E-state index contributed by atoms with van der Waals surface area (Å²) >= 11 is 1.69. The highest BCUT2D eigenvalue weighted by molar-refractivity contribution is 7.59. The second kappa shape index (κ2) is 9.18. The third-order valence-electron chi connectivity index (χ3n) is 5.94. The number of hydrogen-bond donors (Lipinski definition) is 0. The zero-order valence-corrected chi connectivity index (χ0v) is 21.6. The van der Waals surface area contributed by atoms with Gasteiger partial charge in [0.05, 0.1) is 6.61 Å². The lowest BCUT2D eigenvalue weighted by Crippen LogP contribution is -2.21. The predicted octanol–water partition coefficient (Wildman–Crippen LogP) is 8.15. The van der Waals surface area contributed by atoms with Crippen molar-refractivity contribution in [1.82, 2.24) is 0 Å². The quantitative estimate of drug-likeness (QED) is 0.252. The minimum atomic E-state index is -3.28. The molecule has 0 aliphatic heterocycles. The van der Waals surface area contributed by atoms with Gasteiger partial charge in [0.25, 0.3) is 0 Å².